The van der Waals surface area contributed by atoms with Gasteiger partial charge in [0.25, 0.3) is 5.91 Å². The number of hydrogen-bond donors (Lipinski definition) is 2. The van der Waals surface area contributed by atoms with E-state index in [-0.39, 0.29) is 11.7 Å². The molecule has 0 aliphatic heterocycles. The van der Waals surface area contributed by atoms with E-state index in [1.807, 2.05) is 39.0 Å². The molecule has 2 aromatic carbocycles. The smallest absolute Gasteiger partial charge is 0.265 e. The van der Waals surface area contributed by atoms with Crippen LogP contribution in [0.25, 0.3) is 0 Å². The van der Waals surface area contributed by atoms with Gasteiger partial charge in [-0.25, -0.2) is 0 Å². The second-order valence-corrected chi connectivity index (χ2v) is 5.77. The maximum atomic E-state index is 12.4. The third kappa shape index (κ3) is 4.25. The summed E-state index contributed by atoms with van der Waals surface area (Å²) in [5.74, 6) is 0.645. The zero-order chi connectivity index (χ0) is 17.0. The minimum atomic E-state index is -0.583. The molecule has 0 bridgehead atoms. The van der Waals surface area contributed by atoms with Crippen LogP contribution in [0.15, 0.2) is 36.4 Å². The molecule has 0 spiro atoms. The third-order valence-electron chi connectivity index (χ3n) is 3.74. The number of nitrogens with one attached hydrogen (secondary N) is 1. The molecule has 0 aliphatic rings. The monoisotopic (exact) mass is 313 g/mol. The van der Waals surface area contributed by atoms with Crippen LogP contribution in [-0.2, 0) is 4.79 Å². The Hall–Kier alpha value is -2.49. The number of carbonyl (C=O) groups excluding carboxylic acids is 1. The van der Waals surface area contributed by atoms with E-state index in [4.69, 9.17) is 4.74 Å². The first-order valence-electron chi connectivity index (χ1n) is 7.75. The van der Waals surface area contributed by atoms with Crippen molar-refractivity contribution in [1.29, 1.82) is 0 Å². The summed E-state index contributed by atoms with van der Waals surface area (Å²) in [7, 11) is 0. The van der Waals surface area contributed by atoms with Gasteiger partial charge in [-0.15, -0.1) is 0 Å². The molecule has 0 saturated carbocycles. The molecule has 0 radical (unpaired) electrons. The van der Waals surface area contributed by atoms with Gasteiger partial charge in [-0.05, 0) is 50.5 Å². The Morgan fingerprint density at radius 3 is 2.48 bits per heavy atom. The highest BCUT2D eigenvalue weighted by atomic mass is 16.5. The number of carbonyl (C=O) groups is 1. The Balaban J connectivity index is 2.10. The topological polar surface area (TPSA) is 58.6 Å². The van der Waals surface area contributed by atoms with E-state index < -0.39 is 6.10 Å². The summed E-state index contributed by atoms with van der Waals surface area (Å²) in [5, 5.41) is 12.5. The molecule has 4 heteroatoms. The number of hydrogen-bond acceptors (Lipinski definition) is 3. The summed E-state index contributed by atoms with van der Waals surface area (Å²) in [6.07, 6.45) is -0.0309. The zero-order valence-corrected chi connectivity index (χ0v) is 14.0. The summed E-state index contributed by atoms with van der Waals surface area (Å²) in [6, 6.07) is 10.9. The van der Waals surface area contributed by atoms with Crippen LogP contribution in [-0.4, -0.2) is 17.1 Å². The highest BCUT2D eigenvalue weighted by Crippen LogP contribution is 2.23. The van der Waals surface area contributed by atoms with Gasteiger partial charge in [-0.1, -0.05) is 30.7 Å². The Kier molecular flexibility index (Phi) is 5.27. The highest BCUT2D eigenvalue weighted by Gasteiger charge is 2.19. The van der Waals surface area contributed by atoms with Gasteiger partial charge in [-0.3, -0.25) is 4.79 Å². The molecule has 2 aromatic rings. The van der Waals surface area contributed by atoms with E-state index >= 15 is 0 Å². The van der Waals surface area contributed by atoms with Crippen molar-refractivity contribution >= 4 is 11.6 Å². The van der Waals surface area contributed by atoms with Crippen molar-refractivity contribution < 1.29 is 14.6 Å². The maximum absolute atomic E-state index is 12.4. The van der Waals surface area contributed by atoms with E-state index in [1.165, 1.54) is 6.07 Å². The first-order chi connectivity index (χ1) is 10.9. The van der Waals surface area contributed by atoms with Crippen molar-refractivity contribution in [2.24, 2.45) is 0 Å². The van der Waals surface area contributed by atoms with Crippen LogP contribution in [0.3, 0.4) is 0 Å². The molecule has 2 N–H and O–H groups in total. The van der Waals surface area contributed by atoms with Crippen LogP contribution in [0.2, 0.25) is 0 Å². The Morgan fingerprint density at radius 1 is 1.13 bits per heavy atom. The Labute approximate surface area is 137 Å². The average molecular weight is 313 g/mol. The zero-order valence-electron chi connectivity index (χ0n) is 14.0. The van der Waals surface area contributed by atoms with Crippen molar-refractivity contribution in [3.05, 3.63) is 53.1 Å². The number of phenols is 1. The summed E-state index contributed by atoms with van der Waals surface area (Å²) in [4.78, 5) is 12.4. The number of ether oxygens (including phenoxy) is 1. The lowest BCUT2D eigenvalue weighted by molar-refractivity contribution is -0.122. The summed E-state index contributed by atoms with van der Waals surface area (Å²) in [6.45, 7) is 7.69. The lowest BCUT2D eigenvalue weighted by Gasteiger charge is -2.19. The minimum Gasteiger partial charge on any atom is -0.508 e. The normalized spacial score (nSPS) is 11.8. The molecular formula is C19H23NO3. The molecule has 1 atom stereocenters. The van der Waals surface area contributed by atoms with Crippen LogP contribution in [0.4, 0.5) is 5.69 Å². The van der Waals surface area contributed by atoms with Gasteiger partial charge < -0.3 is 15.2 Å². The van der Waals surface area contributed by atoms with Gasteiger partial charge in [0.15, 0.2) is 6.10 Å². The molecule has 0 aliphatic carbocycles. The first kappa shape index (κ1) is 16.9. The molecule has 1 unspecified atom stereocenters. The van der Waals surface area contributed by atoms with Crippen molar-refractivity contribution in [1.82, 2.24) is 0 Å². The van der Waals surface area contributed by atoms with E-state index in [9.17, 15) is 9.90 Å². The predicted octanol–water partition coefficient (Wildman–Crippen LogP) is 4.11. The highest BCUT2D eigenvalue weighted by molar-refractivity contribution is 5.94. The fourth-order valence-electron chi connectivity index (χ4n) is 2.32. The number of rotatable bonds is 5. The van der Waals surface area contributed by atoms with Crippen LogP contribution < -0.4 is 10.1 Å². The predicted molar refractivity (Wildman–Crippen MR) is 92.1 cm³/mol. The maximum Gasteiger partial charge on any atom is 0.265 e. The SMILES string of the molecule is CCC(Oc1ccc(C)cc1C)C(=O)Nc1ccc(C)c(O)c1. The molecule has 0 aromatic heterocycles. The molecule has 0 fully saturated rings. The fraction of sp³-hybridized carbons (Fsp3) is 0.316. The average Bonchev–Trinajstić information content (AvgIpc) is 2.50. The Morgan fingerprint density at radius 2 is 1.87 bits per heavy atom. The number of benzene rings is 2. The van der Waals surface area contributed by atoms with Gasteiger partial charge in [0.05, 0.1) is 0 Å². The van der Waals surface area contributed by atoms with E-state index in [1.54, 1.807) is 19.1 Å². The second kappa shape index (κ2) is 7.18. The molecule has 2 rings (SSSR count). The number of anilines is 1. The number of aryl methyl sites for hydroxylation is 3. The lowest BCUT2D eigenvalue weighted by Crippen LogP contribution is -2.32. The van der Waals surface area contributed by atoms with Gasteiger partial charge in [0, 0.05) is 11.8 Å². The van der Waals surface area contributed by atoms with Crippen LogP contribution >= 0.6 is 0 Å². The molecule has 1 amide bonds. The molecular weight excluding hydrogens is 290 g/mol. The lowest BCUT2D eigenvalue weighted by atomic mass is 10.1. The quantitative estimate of drug-likeness (QED) is 0.873. The van der Waals surface area contributed by atoms with E-state index in [0.717, 1.165) is 16.7 Å². The summed E-state index contributed by atoms with van der Waals surface area (Å²) < 4.78 is 5.86. The first-order valence-corrected chi connectivity index (χ1v) is 7.75. The van der Waals surface area contributed by atoms with Crippen molar-refractivity contribution in [2.75, 3.05) is 5.32 Å². The van der Waals surface area contributed by atoms with E-state index in [0.29, 0.717) is 17.9 Å². The van der Waals surface area contributed by atoms with Crippen molar-refractivity contribution in [2.45, 2.75) is 40.2 Å². The molecule has 4 nitrogen and oxygen atoms in total. The van der Waals surface area contributed by atoms with Crippen LogP contribution in [0.1, 0.15) is 30.0 Å². The second-order valence-electron chi connectivity index (χ2n) is 5.77. The van der Waals surface area contributed by atoms with Gasteiger partial charge in [0.2, 0.25) is 0 Å². The number of aromatic hydroxyl groups is 1. The number of phenolic OH excluding ortho intramolecular Hbond substituents is 1. The minimum absolute atomic E-state index is 0.158. The van der Waals surface area contributed by atoms with Crippen LogP contribution in [0.5, 0.6) is 11.5 Å². The largest absolute Gasteiger partial charge is 0.508 e. The van der Waals surface area contributed by atoms with Gasteiger partial charge >= 0.3 is 0 Å². The summed E-state index contributed by atoms with van der Waals surface area (Å²) >= 11 is 0. The van der Waals surface area contributed by atoms with Gasteiger partial charge in [0.1, 0.15) is 11.5 Å². The number of amides is 1. The van der Waals surface area contributed by atoms with Gasteiger partial charge in [-0.2, -0.15) is 0 Å². The molecule has 122 valence electrons. The van der Waals surface area contributed by atoms with Crippen molar-refractivity contribution in [3.8, 4) is 11.5 Å². The third-order valence-corrected chi connectivity index (χ3v) is 3.74. The van der Waals surface area contributed by atoms with Crippen LogP contribution in [0, 0.1) is 20.8 Å². The fourth-order valence-corrected chi connectivity index (χ4v) is 2.32. The standard InChI is InChI=1S/C19H23NO3/c1-5-17(23-18-9-6-12(2)10-14(18)4)19(22)20-15-8-7-13(3)16(21)11-15/h6-11,17,21H,5H2,1-4H3,(H,20,22). The summed E-state index contributed by atoms with van der Waals surface area (Å²) in [5.41, 5.74) is 3.48. The van der Waals surface area contributed by atoms with Crippen molar-refractivity contribution in [3.63, 3.8) is 0 Å². The molecule has 23 heavy (non-hydrogen) atoms. The molecule has 0 saturated heterocycles. The molecule has 0 heterocycles. The van der Waals surface area contributed by atoms with E-state index in [2.05, 4.69) is 5.32 Å². The Bertz CT molecular complexity index is 710.